The number of aromatic carboxylic acids is 1. The number of nitrogens with zero attached hydrogens (tertiary/aromatic N) is 2. The lowest BCUT2D eigenvalue weighted by Gasteiger charge is -2.18. The molecule has 0 aliphatic heterocycles. The molecule has 0 aliphatic rings. The zero-order valence-corrected chi connectivity index (χ0v) is 11.7. The van der Waals surface area contributed by atoms with E-state index in [1.54, 1.807) is 4.90 Å². The van der Waals surface area contributed by atoms with Gasteiger partial charge in [-0.3, -0.25) is 4.79 Å². The molecule has 0 fully saturated rings. The van der Waals surface area contributed by atoms with Crippen LogP contribution in [0.1, 0.15) is 24.2 Å². The Labute approximate surface area is 116 Å². The lowest BCUT2D eigenvalue weighted by Crippen LogP contribution is -2.31. The van der Waals surface area contributed by atoms with Crippen LogP contribution in [0.25, 0.3) is 0 Å². The molecule has 0 unspecified atom stereocenters. The highest BCUT2D eigenvalue weighted by atomic mass is 32.2. The third-order valence-electron chi connectivity index (χ3n) is 2.63. The van der Waals surface area contributed by atoms with E-state index in [9.17, 15) is 9.59 Å². The van der Waals surface area contributed by atoms with Gasteiger partial charge in [0, 0.05) is 19.3 Å². The predicted molar refractivity (Wildman–Crippen MR) is 74.3 cm³/mol. The van der Waals surface area contributed by atoms with Crippen LogP contribution in [0.2, 0.25) is 0 Å². The highest BCUT2D eigenvalue weighted by molar-refractivity contribution is 8.00. The molecular formula is C12H17N3O3S. The van der Waals surface area contributed by atoms with E-state index in [2.05, 4.69) is 4.98 Å². The number of carbonyl (C=O) groups is 2. The van der Waals surface area contributed by atoms with Crippen LogP contribution in [-0.4, -0.2) is 45.7 Å². The summed E-state index contributed by atoms with van der Waals surface area (Å²) in [6.45, 7) is 5.11. The number of thioether (sulfide) groups is 1. The van der Waals surface area contributed by atoms with Gasteiger partial charge in [0.05, 0.1) is 17.0 Å². The number of anilines is 1. The quantitative estimate of drug-likeness (QED) is 0.764. The Hall–Kier alpha value is -1.76. The van der Waals surface area contributed by atoms with Gasteiger partial charge in [-0.05, 0) is 19.9 Å². The first kappa shape index (κ1) is 15.3. The van der Waals surface area contributed by atoms with E-state index in [1.807, 2.05) is 13.8 Å². The van der Waals surface area contributed by atoms with Crippen LogP contribution >= 0.6 is 11.8 Å². The smallest absolute Gasteiger partial charge is 0.337 e. The van der Waals surface area contributed by atoms with Gasteiger partial charge in [-0.2, -0.15) is 0 Å². The average Bonchev–Trinajstić information content (AvgIpc) is 2.38. The molecule has 3 N–H and O–H groups in total. The summed E-state index contributed by atoms with van der Waals surface area (Å²) in [6, 6.07) is 1.34. The summed E-state index contributed by atoms with van der Waals surface area (Å²) < 4.78 is 0. The molecule has 0 aromatic carbocycles. The first-order valence-electron chi connectivity index (χ1n) is 5.89. The fourth-order valence-corrected chi connectivity index (χ4v) is 2.40. The van der Waals surface area contributed by atoms with E-state index in [0.29, 0.717) is 18.1 Å². The van der Waals surface area contributed by atoms with Gasteiger partial charge in [0.25, 0.3) is 0 Å². The van der Waals surface area contributed by atoms with Gasteiger partial charge in [0.15, 0.2) is 0 Å². The van der Waals surface area contributed by atoms with E-state index < -0.39 is 5.97 Å². The van der Waals surface area contributed by atoms with Gasteiger partial charge in [-0.25, -0.2) is 9.78 Å². The van der Waals surface area contributed by atoms with Crippen molar-refractivity contribution in [1.29, 1.82) is 0 Å². The summed E-state index contributed by atoms with van der Waals surface area (Å²) in [5, 5.41) is 9.32. The Morgan fingerprint density at radius 3 is 2.58 bits per heavy atom. The number of hydrogen-bond donors (Lipinski definition) is 2. The zero-order valence-electron chi connectivity index (χ0n) is 10.9. The molecule has 0 spiro atoms. The number of aromatic nitrogens is 1. The number of nitrogen functional groups attached to an aromatic ring is 1. The molecule has 0 atom stereocenters. The summed E-state index contributed by atoms with van der Waals surface area (Å²) in [5.74, 6) is -0.921. The molecule has 1 rings (SSSR count). The maximum absolute atomic E-state index is 11.8. The van der Waals surface area contributed by atoms with Crippen LogP contribution in [-0.2, 0) is 4.79 Å². The largest absolute Gasteiger partial charge is 0.478 e. The number of carboxylic acid groups (broad SMARTS) is 1. The van der Waals surface area contributed by atoms with E-state index in [4.69, 9.17) is 10.8 Å². The predicted octanol–water partition coefficient (Wildman–Crippen LogP) is 1.32. The van der Waals surface area contributed by atoms with Crippen molar-refractivity contribution in [3.8, 4) is 0 Å². The Balaban J connectivity index is 2.76. The summed E-state index contributed by atoms with van der Waals surface area (Å²) in [4.78, 5) is 28.5. The number of hydrogen-bond acceptors (Lipinski definition) is 5. The summed E-state index contributed by atoms with van der Waals surface area (Å²) >= 11 is 1.16. The minimum absolute atomic E-state index is 0.00721. The van der Waals surface area contributed by atoms with Crippen molar-refractivity contribution in [3.05, 3.63) is 17.8 Å². The van der Waals surface area contributed by atoms with E-state index in [1.165, 1.54) is 12.3 Å². The third-order valence-corrected chi connectivity index (χ3v) is 3.62. The molecule has 1 amide bonds. The average molecular weight is 283 g/mol. The van der Waals surface area contributed by atoms with Gasteiger partial charge in [0.1, 0.15) is 5.03 Å². The third kappa shape index (κ3) is 3.85. The molecule has 6 nitrogen and oxygen atoms in total. The van der Waals surface area contributed by atoms with Crippen LogP contribution in [0.5, 0.6) is 0 Å². The highest BCUT2D eigenvalue weighted by Gasteiger charge is 2.15. The molecule has 0 aliphatic carbocycles. The molecule has 0 saturated carbocycles. The first-order valence-corrected chi connectivity index (χ1v) is 6.88. The van der Waals surface area contributed by atoms with Crippen molar-refractivity contribution in [1.82, 2.24) is 9.88 Å². The fourth-order valence-electron chi connectivity index (χ4n) is 1.55. The number of amides is 1. The summed E-state index contributed by atoms with van der Waals surface area (Å²) in [7, 11) is 0. The molecule has 7 heteroatoms. The van der Waals surface area contributed by atoms with Crippen LogP contribution in [0, 0.1) is 0 Å². The monoisotopic (exact) mass is 283 g/mol. The first-order chi connectivity index (χ1) is 9.01. The number of nitrogens with two attached hydrogens (primary N) is 1. The van der Waals surface area contributed by atoms with Gasteiger partial charge < -0.3 is 15.7 Å². The second-order valence-electron chi connectivity index (χ2n) is 3.74. The maximum Gasteiger partial charge on any atom is 0.337 e. The van der Waals surface area contributed by atoms with Crippen molar-refractivity contribution < 1.29 is 14.7 Å². The standard InChI is InChI=1S/C12H17N3O3S/c1-3-15(4-2)9(16)7-19-11-10(13)8(12(17)18)5-6-14-11/h5-6H,3-4,7,13H2,1-2H3,(H,17,18). The van der Waals surface area contributed by atoms with Crippen LogP contribution in [0.3, 0.4) is 0 Å². The minimum atomic E-state index is -1.10. The van der Waals surface area contributed by atoms with Crippen LogP contribution in [0.4, 0.5) is 5.69 Å². The topological polar surface area (TPSA) is 96.5 Å². The van der Waals surface area contributed by atoms with E-state index >= 15 is 0 Å². The minimum Gasteiger partial charge on any atom is -0.478 e. The molecule has 1 heterocycles. The fraction of sp³-hybridized carbons (Fsp3) is 0.417. The molecule has 0 bridgehead atoms. The normalized spacial score (nSPS) is 10.2. The lowest BCUT2D eigenvalue weighted by atomic mass is 10.2. The molecule has 1 aromatic heterocycles. The van der Waals surface area contributed by atoms with E-state index in [-0.39, 0.29) is 22.9 Å². The second-order valence-corrected chi connectivity index (χ2v) is 4.70. The Morgan fingerprint density at radius 2 is 2.05 bits per heavy atom. The zero-order chi connectivity index (χ0) is 14.4. The molecular weight excluding hydrogens is 266 g/mol. The molecule has 19 heavy (non-hydrogen) atoms. The van der Waals surface area contributed by atoms with Crippen molar-refractivity contribution in [2.45, 2.75) is 18.9 Å². The van der Waals surface area contributed by atoms with Gasteiger partial charge >= 0.3 is 5.97 Å². The number of rotatable bonds is 6. The second kappa shape index (κ2) is 6.98. The Bertz CT molecular complexity index is 475. The molecule has 104 valence electrons. The summed E-state index contributed by atoms with van der Waals surface area (Å²) in [5.41, 5.74) is 5.83. The van der Waals surface area contributed by atoms with E-state index in [0.717, 1.165) is 11.8 Å². The van der Waals surface area contributed by atoms with Gasteiger partial charge in [-0.15, -0.1) is 0 Å². The van der Waals surface area contributed by atoms with Crippen LogP contribution in [0.15, 0.2) is 17.3 Å². The van der Waals surface area contributed by atoms with Crippen molar-refractivity contribution >= 4 is 29.3 Å². The highest BCUT2D eigenvalue weighted by Crippen LogP contribution is 2.25. The molecule has 0 saturated heterocycles. The van der Waals surface area contributed by atoms with Crippen molar-refractivity contribution in [2.75, 3.05) is 24.6 Å². The van der Waals surface area contributed by atoms with Crippen molar-refractivity contribution in [2.24, 2.45) is 0 Å². The number of carboxylic acids is 1. The Kier molecular flexibility index (Phi) is 5.62. The lowest BCUT2D eigenvalue weighted by molar-refractivity contribution is -0.127. The number of carbonyl (C=O) groups excluding carboxylic acids is 1. The van der Waals surface area contributed by atoms with Gasteiger partial charge in [-0.1, -0.05) is 11.8 Å². The van der Waals surface area contributed by atoms with Crippen LogP contribution < -0.4 is 5.73 Å². The SMILES string of the molecule is CCN(CC)C(=O)CSc1nccc(C(=O)O)c1N. The Morgan fingerprint density at radius 1 is 1.42 bits per heavy atom. The molecule has 0 radical (unpaired) electrons. The van der Waals surface area contributed by atoms with Gasteiger partial charge in [0.2, 0.25) is 5.91 Å². The number of pyridine rings is 1. The summed E-state index contributed by atoms with van der Waals surface area (Å²) in [6.07, 6.45) is 1.38. The van der Waals surface area contributed by atoms with Crippen molar-refractivity contribution in [3.63, 3.8) is 0 Å². The maximum atomic E-state index is 11.8. The molecule has 1 aromatic rings.